The van der Waals surface area contributed by atoms with Gasteiger partial charge in [-0.05, 0) is 61.6 Å². The standard InChI is InChI=1S/C23H22BrFN4O/c24-17-6-4-5-16(14-17)23(10-11-23)22(30)26-19-13-15(8-9-18(19)25)21-28-27-20-7-2-1-3-12-29(20)21/h4-6,8-9,13-14H,1-3,7,10-12H2,(H,26,30). The number of hydrogen-bond donors (Lipinski definition) is 1. The van der Waals surface area contributed by atoms with Crippen molar-refractivity contribution in [1.82, 2.24) is 14.8 Å². The number of hydrogen-bond acceptors (Lipinski definition) is 3. The van der Waals surface area contributed by atoms with Crippen molar-refractivity contribution in [3.63, 3.8) is 0 Å². The number of aromatic nitrogens is 3. The second kappa shape index (κ2) is 7.61. The topological polar surface area (TPSA) is 59.8 Å². The number of rotatable bonds is 4. The van der Waals surface area contributed by atoms with Crippen molar-refractivity contribution in [3.8, 4) is 11.4 Å². The third-order valence-electron chi connectivity index (χ3n) is 6.14. The molecule has 0 radical (unpaired) electrons. The number of benzene rings is 2. The molecule has 3 aromatic rings. The smallest absolute Gasteiger partial charge is 0.235 e. The fourth-order valence-corrected chi connectivity index (χ4v) is 4.66. The molecule has 5 nitrogen and oxygen atoms in total. The van der Waals surface area contributed by atoms with Crippen LogP contribution in [-0.2, 0) is 23.2 Å². The van der Waals surface area contributed by atoms with E-state index in [4.69, 9.17) is 0 Å². The van der Waals surface area contributed by atoms with E-state index in [1.165, 1.54) is 12.5 Å². The fraction of sp³-hybridized carbons (Fsp3) is 0.348. The van der Waals surface area contributed by atoms with Crippen LogP contribution in [0.4, 0.5) is 10.1 Å². The second-order valence-electron chi connectivity index (χ2n) is 8.14. The van der Waals surface area contributed by atoms with Crippen molar-refractivity contribution in [2.75, 3.05) is 5.32 Å². The molecule has 1 aliphatic carbocycles. The van der Waals surface area contributed by atoms with Gasteiger partial charge in [0.15, 0.2) is 5.82 Å². The molecule has 1 amide bonds. The molecular weight excluding hydrogens is 447 g/mol. The maximum atomic E-state index is 14.6. The van der Waals surface area contributed by atoms with Crippen LogP contribution in [0.2, 0.25) is 0 Å². The number of anilines is 1. The Balaban J connectivity index is 1.44. The quantitative estimate of drug-likeness (QED) is 0.569. The van der Waals surface area contributed by atoms with Crippen LogP contribution in [0.5, 0.6) is 0 Å². The van der Waals surface area contributed by atoms with Gasteiger partial charge in [-0.15, -0.1) is 10.2 Å². The first-order valence-corrected chi connectivity index (χ1v) is 11.2. The van der Waals surface area contributed by atoms with Crippen molar-refractivity contribution < 1.29 is 9.18 Å². The lowest BCUT2D eigenvalue weighted by Crippen LogP contribution is -2.28. The van der Waals surface area contributed by atoms with Crippen molar-refractivity contribution in [3.05, 3.63) is 64.1 Å². The lowest BCUT2D eigenvalue weighted by molar-refractivity contribution is -0.118. The van der Waals surface area contributed by atoms with E-state index < -0.39 is 11.2 Å². The third-order valence-corrected chi connectivity index (χ3v) is 6.64. The highest BCUT2D eigenvalue weighted by Gasteiger charge is 2.51. The van der Waals surface area contributed by atoms with Gasteiger partial charge in [-0.2, -0.15) is 0 Å². The average Bonchev–Trinajstić information content (AvgIpc) is 3.51. The number of amides is 1. The minimum atomic E-state index is -0.585. The zero-order valence-electron chi connectivity index (χ0n) is 16.5. The largest absolute Gasteiger partial charge is 0.323 e. The predicted octanol–water partition coefficient (Wildman–Crippen LogP) is 5.24. The van der Waals surface area contributed by atoms with E-state index in [9.17, 15) is 9.18 Å². The molecule has 1 aliphatic heterocycles. The molecule has 1 saturated carbocycles. The number of carbonyl (C=O) groups is 1. The Bertz CT molecular complexity index is 1120. The Morgan fingerprint density at radius 3 is 2.77 bits per heavy atom. The molecule has 154 valence electrons. The first-order valence-electron chi connectivity index (χ1n) is 10.4. The Labute approximate surface area is 182 Å². The first kappa shape index (κ1) is 19.4. The van der Waals surface area contributed by atoms with E-state index in [1.807, 2.05) is 24.3 Å². The monoisotopic (exact) mass is 468 g/mol. The maximum Gasteiger partial charge on any atom is 0.235 e. The van der Waals surface area contributed by atoms with E-state index in [-0.39, 0.29) is 11.6 Å². The summed E-state index contributed by atoms with van der Waals surface area (Å²) in [6.45, 7) is 0.864. The molecule has 5 rings (SSSR count). The number of carbonyl (C=O) groups excluding carboxylic acids is 1. The van der Waals surface area contributed by atoms with Gasteiger partial charge in [0.05, 0.1) is 11.1 Å². The SMILES string of the molecule is O=C(Nc1cc(-c2nnc3n2CCCCC3)ccc1F)C1(c2cccc(Br)c2)CC1. The number of halogens is 2. The van der Waals surface area contributed by atoms with Crippen molar-refractivity contribution in [1.29, 1.82) is 0 Å². The van der Waals surface area contributed by atoms with Crippen LogP contribution >= 0.6 is 15.9 Å². The number of nitrogens with one attached hydrogen (secondary N) is 1. The minimum Gasteiger partial charge on any atom is -0.323 e. The molecular formula is C23H22BrFN4O. The highest BCUT2D eigenvalue weighted by molar-refractivity contribution is 9.10. The van der Waals surface area contributed by atoms with Crippen LogP contribution in [0.3, 0.4) is 0 Å². The number of fused-ring (bicyclic) bond motifs is 1. The second-order valence-corrected chi connectivity index (χ2v) is 9.06. The van der Waals surface area contributed by atoms with Gasteiger partial charge in [0, 0.05) is 23.0 Å². The van der Waals surface area contributed by atoms with E-state index in [0.29, 0.717) is 0 Å². The van der Waals surface area contributed by atoms with Crippen LogP contribution in [0.15, 0.2) is 46.9 Å². The predicted molar refractivity (Wildman–Crippen MR) is 117 cm³/mol. The molecule has 0 spiro atoms. The molecule has 1 fully saturated rings. The lowest BCUT2D eigenvalue weighted by atomic mass is 9.95. The fourth-order valence-electron chi connectivity index (χ4n) is 4.26. The highest BCUT2D eigenvalue weighted by atomic mass is 79.9. The van der Waals surface area contributed by atoms with Gasteiger partial charge < -0.3 is 9.88 Å². The molecule has 0 saturated heterocycles. The normalized spacial score (nSPS) is 17.1. The molecule has 2 aromatic carbocycles. The van der Waals surface area contributed by atoms with E-state index in [0.717, 1.165) is 65.9 Å². The van der Waals surface area contributed by atoms with Crippen LogP contribution < -0.4 is 5.32 Å². The Morgan fingerprint density at radius 2 is 1.97 bits per heavy atom. The summed E-state index contributed by atoms with van der Waals surface area (Å²) in [6, 6.07) is 12.5. The van der Waals surface area contributed by atoms with E-state index in [2.05, 4.69) is 36.0 Å². The highest BCUT2D eigenvalue weighted by Crippen LogP contribution is 2.49. The summed E-state index contributed by atoms with van der Waals surface area (Å²) >= 11 is 3.47. The summed E-state index contributed by atoms with van der Waals surface area (Å²) in [5.41, 5.74) is 1.32. The zero-order chi connectivity index (χ0) is 20.7. The number of aryl methyl sites for hydroxylation is 1. The van der Waals surface area contributed by atoms with Gasteiger partial charge in [-0.3, -0.25) is 4.79 Å². The van der Waals surface area contributed by atoms with Crippen molar-refractivity contribution >= 4 is 27.5 Å². The molecule has 0 bridgehead atoms. The Morgan fingerprint density at radius 1 is 1.10 bits per heavy atom. The summed E-state index contributed by atoms with van der Waals surface area (Å²) in [5.74, 6) is 1.09. The number of nitrogens with zero attached hydrogens (tertiary/aromatic N) is 3. The third kappa shape index (κ3) is 3.45. The summed E-state index contributed by atoms with van der Waals surface area (Å²) in [7, 11) is 0. The van der Waals surface area contributed by atoms with E-state index >= 15 is 0 Å². The molecule has 7 heteroatoms. The zero-order valence-corrected chi connectivity index (χ0v) is 18.1. The van der Waals surface area contributed by atoms with Crippen LogP contribution in [0.1, 0.15) is 43.5 Å². The molecule has 1 N–H and O–H groups in total. The van der Waals surface area contributed by atoms with Crippen molar-refractivity contribution in [2.45, 2.75) is 50.5 Å². The summed E-state index contributed by atoms with van der Waals surface area (Å²) < 4.78 is 17.6. The maximum absolute atomic E-state index is 14.6. The molecule has 2 heterocycles. The molecule has 2 aliphatic rings. The van der Waals surface area contributed by atoms with Gasteiger partial charge in [-0.25, -0.2) is 4.39 Å². The lowest BCUT2D eigenvalue weighted by Gasteiger charge is -2.17. The molecule has 0 unspecified atom stereocenters. The van der Waals surface area contributed by atoms with Crippen LogP contribution in [-0.4, -0.2) is 20.7 Å². The summed E-state index contributed by atoms with van der Waals surface area (Å²) in [6.07, 6.45) is 5.79. The molecule has 0 atom stereocenters. The van der Waals surface area contributed by atoms with Gasteiger partial charge in [-0.1, -0.05) is 34.5 Å². The first-order chi connectivity index (χ1) is 14.6. The van der Waals surface area contributed by atoms with Gasteiger partial charge in [0.1, 0.15) is 11.6 Å². The average molecular weight is 469 g/mol. The summed E-state index contributed by atoms with van der Waals surface area (Å²) in [4.78, 5) is 13.1. The Hall–Kier alpha value is -2.54. The van der Waals surface area contributed by atoms with E-state index in [1.54, 1.807) is 12.1 Å². The summed E-state index contributed by atoms with van der Waals surface area (Å²) in [5, 5.41) is 11.5. The van der Waals surface area contributed by atoms with Crippen LogP contribution in [0.25, 0.3) is 11.4 Å². The van der Waals surface area contributed by atoms with Gasteiger partial charge in [0.2, 0.25) is 5.91 Å². The minimum absolute atomic E-state index is 0.170. The van der Waals surface area contributed by atoms with Crippen molar-refractivity contribution in [2.24, 2.45) is 0 Å². The van der Waals surface area contributed by atoms with Gasteiger partial charge >= 0.3 is 0 Å². The van der Waals surface area contributed by atoms with Gasteiger partial charge in [0.25, 0.3) is 0 Å². The Kier molecular flexibility index (Phi) is 4.93. The van der Waals surface area contributed by atoms with Crippen LogP contribution in [0, 0.1) is 5.82 Å². The molecule has 30 heavy (non-hydrogen) atoms. The molecule has 1 aromatic heterocycles.